The highest BCUT2D eigenvalue weighted by atomic mass is 16.3. The van der Waals surface area contributed by atoms with Crippen LogP contribution in [0, 0.1) is 12.8 Å². The molecule has 0 saturated carbocycles. The Labute approximate surface area is 78.4 Å². The molecule has 0 aliphatic rings. The Balaban J connectivity index is 2.20. The highest BCUT2D eigenvalue weighted by molar-refractivity contribution is 4.99. The summed E-state index contributed by atoms with van der Waals surface area (Å²) in [7, 11) is 0. The molecule has 0 aliphatic heterocycles. The molecule has 0 amide bonds. The fraction of sp³-hybridized carbons (Fsp3) is 0.667. The van der Waals surface area contributed by atoms with Crippen molar-refractivity contribution in [3.05, 3.63) is 17.7 Å². The lowest BCUT2D eigenvalue weighted by Gasteiger charge is -2.07. The Morgan fingerprint density at radius 2 is 2.46 bits per heavy atom. The van der Waals surface area contributed by atoms with Crippen molar-refractivity contribution in [2.75, 3.05) is 13.2 Å². The zero-order chi connectivity index (χ0) is 9.68. The molecule has 74 valence electrons. The molecule has 1 unspecified atom stereocenters. The fourth-order valence-electron chi connectivity index (χ4n) is 1.08. The lowest BCUT2D eigenvalue weighted by Crippen LogP contribution is -2.22. The molecule has 1 aromatic rings. The van der Waals surface area contributed by atoms with E-state index in [1.165, 1.54) is 0 Å². The molecule has 4 heteroatoms. The summed E-state index contributed by atoms with van der Waals surface area (Å²) >= 11 is 0. The summed E-state index contributed by atoms with van der Waals surface area (Å²) in [4.78, 5) is 7.22. The van der Waals surface area contributed by atoms with Gasteiger partial charge in [0.15, 0.2) is 0 Å². The summed E-state index contributed by atoms with van der Waals surface area (Å²) in [6.45, 7) is 5.78. The fourth-order valence-corrected chi connectivity index (χ4v) is 1.08. The second-order valence-corrected chi connectivity index (χ2v) is 3.41. The topological polar surface area (TPSA) is 60.9 Å². The highest BCUT2D eigenvalue weighted by Crippen LogP contribution is 1.95. The van der Waals surface area contributed by atoms with Crippen molar-refractivity contribution in [2.24, 2.45) is 5.92 Å². The van der Waals surface area contributed by atoms with E-state index >= 15 is 0 Å². The molecule has 0 aliphatic carbocycles. The maximum atomic E-state index is 8.78. The van der Waals surface area contributed by atoms with Gasteiger partial charge in [-0.15, -0.1) is 0 Å². The largest absolute Gasteiger partial charge is 0.396 e. The van der Waals surface area contributed by atoms with Crippen molar-refractivity contribution in [1.82, 2.24) is 15.3 Å². The molecule has 0 fully saturated rings. The van der Waals surface area contributed by atoms with E-state index in [-0.39, 0.29) is 6.61 Å². The number of aromatic amines is 1. The first-order chi connectivity index (χ1) is 6.22. The van der Waals surface area contributed by atoms with E-state index in [4.69, 9.17) is 5.11 Å². The zero-order valence-electron chi connectivity index (χ0n) is 8.17. The summed E-state index contributed by atoms with van der Waals surface area (Å²) in [6, 6.07) is 0. The van der Waals surface area contributed by atoms with E-state index in [1.54, 1.807) is 0 Å². The molecule has 0 spiro atoms. The van der Waals surface area contributed by atoms with Crippen molar-refractivity contribution in [2.45, 2.75) is 20.4 Å². The summed E-state index contributed by atoms with van der Waals surface area (Å²) in [6.07, 6.45) is 1.83. The molecule has 0 bridgehead atoms. The first-order valence-electron chi connectivity index (χ1n) is 4.54. The number of aliphatic hydroxyl groups is 1. The molecular weight excluding hydrogens is 166 g/mol. The number of hydrogen-bond donors (Lipinski definition) is 3. The molecule has 0 aromatic carbocycles. The van der Waals surface area contributed by atoms with E-state index in [1.807, 2.05) is 20.0 Å². The van der Waals surface area contributed by atoms with Crippen LogP contribution in [0.5, 0.6) is 0 Å². The van der Waals surface area contributed by atoms with Crippen LogP contribution in [0.4, 0.5) is 0 Å². The van der Waals surface area contributed by atoms with Crippen molar-refractivity contribution in [1.29, 1.82) is 0 Å². The van der Waals surface area contributed by atoms with Gasteiger partial charge in [-0.2, -0.15) is 0 Å². The van der Waals surface area contributed by atoms with Crippen molar-refractivity contribution < 1.29 is 5.11 Å². The third-order valence-electron chi connectivity index (χ3n) is 1.88. The highest BCUT2D eigenvalue weighted by Gasteiger charge is 2.00. The Kier molecular flexibility index (Phi) is 3.92. The van der Waals surface area contributed by atoms with Gasteiger partial charge in [-0.1, -0.05) is 6.92 Å². The Morgan fingerprint density at radius 3 is 3.00 bits per heavy atom. The molecular formula is C9H17N3O. The first kappa shape index (κ1) is 10.2. The molecule has 3 N–H and O–H groups in total. The number of H-pyrrole nitrogens is 1. The minimum Gasteiger partial charge on any atom is -0.396 e. The maximum Gasteiger partial charge on any atom is 0.103 e. The maximum absolute atomic E-state index is 8.78. The molecule has 1 heterocycles. The molecule has 4 nitrogen and oxygen atoms in total. The van der Waals surface area contributed by atoms with Crippen LogP contribution < -0.4 is 5.32 Å². The van der Waals surface area contributed by atoms with Gasteiger partial charge in [-0.3, -0.25) is 0 Å². The van der Waals surface area contributed by atoms with Crippen molar-refractivity contribution >= 4 is 0 Å². The number of hydrogen-bond acceptors (Lipinski definition) is 3. The van der Waals surface area contributed by atoms with Crippen molar-refractivity contribution in [3.8, 4) is 0 Å². The van der Waals surface area contributed by atoms with E-state index in [0.29, 0.717) is 5.92 Å². The van der Waals surface area contributed by atoms with Crippen LogP contribution in [0.25, 0.3) is 0 Å². The monoisotopic (exact) mass is 183 g/mol. The lowest BCUT2D eigenvalue weighted by atomic mass is 10.2. The second-order valence-electron chi connectivity index (χ2n) is 3.41. The Hall–Kier alpha value is -0.870. The van der Waals surface area contributed by atoms with Crippen LogP contribution in [0.15, 0.2) is 6.20 Å². The van der Waals surface area contributed by atoms with Gasteiger partial charge in [0.2, 0.25) is 0 Å². The molecule has 1 atom stereocenters. The van der Waals surface area contributed by atoms with Crippen LogP contribution in [0.3, 0.4) is 0 Å². The van der Waals surface area contributed by atoms with Gasteiger partial charge >= 0.3 is 0 Å². The zero-order valence-corrected chi connectivity index (χ0v) is 8.17. The third kappa shape index (κ3) is 3.57. The van der Waals surface area contributed by atoms with Crippen LogP contribution in [0.2, 0.25) is 0 Å². The van der Waals surface area contributed by atoms with Gasteiger partial charge in [0, 0.05) is 31.6 Å². The molecule has 0 radical (unpaired) electrons. The molecule has 13 heavy (non-hydrogen) atoms. The Morgan fingerprint density at radius 1 is 1.69 bits per heavy atom. The van der Waals surface area contributed by atoms with Gasteiger partial charge in [-0.25, -0.2) is 4.98 Å². The first-order valence-corrected chi connectivity index (χ1v) is 4.54. The SMILES string of the molecule is Cc1ncc(CNCC(C)CO)[nH]1. The minimum atomic E-state index is 0.231. The molecule has 1 aromatic heterocycles. The lowest BCUT2D eigenvalue weighted by molar-refractivity contribution is 0.233. The minimum absolute atomic E-state index is 0.231. The standard InChI is InChI=1S/C9H17N3O/c1-7(6-13)3-10-4-9-5-11-8(2)12-9/h5,7,10,13H,3-4,6H2,1-2H3,(H,11,12). The number of nitrogens with zero attached hydrogens (tertiary/aromatic N) is 1. The average Bonchev–Trinajstić information content (AvgIpc) is 2.51. The molecule has 1 rings (SSSR count). The number of aliphatic hydroxyl groups excluding tert-OH is 1. The summed E-state index contributed by atoms with van der Waals surface area (Å²) in [5.74, 6) is 1.25. The number of aryl methyl sites for hydroxylation is 1. The predicted molar refractivity (Wildman–Crippen MR) is 51.3 cm³/mol. The average molecular weight is 183 g/mol. The van der Waals surface area contributed by atoms with Gasteiger partial charge < -0.3 is 15.4 Å². The summed E-state index contributed by atoms with van der Waals surface area (Å²) in [5.41, 5.74) is 1.09. The number of rotatable bonds is 5. The van der Waals surface area contributed by atoms with Crippen LogP contribution in [-0.2, 0) is 6.54 Å². The van der Waals surface area contributed by atoms with Gasteiger partial charge in [0.05, 0.1) is 0 Å². The molecule has 0 saturated heterocycles. The van der Waals surface area contributed by atoms with Crippen molar-refractivity contribution in [3.63, 3.8) is 0 Å². The Bertz CT molecular complexity index is 247. The summed E-state index contributed by atoms with van der Waals surface area (Å²) < 4.78 is 0. The van der Waals surface area contributed by atoms with Gasteiger partial charge in [-0.05, 0) is 12.8 Å². The summed E-state index contributed by atoms with van der Waals surface area (Å²) in [5, 5.41) is 12.0. The number of nitrogens with one attached hydrogen (secondary N) is 2. The van der Waals surface area contributed by atoms with Gasteiger partial charge in [0.25, 0.3) is 0 Å². The van der Waals surface area contributed by atoms with E-state index in [2.05, 4.69) is 15.3 Å². The number of aromatic nitrogens is 2. The quantitative estimate of drug-likeness (QED) is 0.620. The second kappa shape index (κ2) is 4.99. The predicted octanol–water partition coefficient (Wildman–Crippen LogP) is 0.436. The normalized spacial score (nSPS) is 13.2. The van der Waals surface area contributed by atoms with Crippen LogP contribution in [0.1, 0.15) is 18.4 Å². The van der Waals surface area contributed by atoms with Crippen LogP contribution in [-0.4, -0.2) is 28.2 Å². The van der Waals surface area contributed by atoms with Gasteiger partial charge in [0.1, 0.15) is 5.82 Å². The number of imidazole rings is 1. The van der Waals surface area contributed by atoms with Crippen LogP contribution >= 0.6 is 0 Å². The van der Waals surface area contributed by atoms with E-state index in [9.17, 15) is 0 Å². The van der Waals surface area contributed by atoms with E-state index < -0.39 is 0 Å². The smallest absolute Gasteiger partial charge is 0.103 e. The third-order valence-corrected chi connectivity index (χ3v) is 1.88. The van der Waals surface area contributed by atoms with E-state index in [0.717, 1.165) is 24.6 Å².